The number of amides is 1. The summed E-state index contributed by atoms with van der Waals surface area (Å²) in [5.74, 6) is 0.0625. The van der Waals surface area contributed by atoms with Crippen molar-refractivity contribution >= 4 is 53.1 Å². The van der Waals surface area contributed by atoms with Gasteiger partial charge >= 0.3 is 0 Å². The molecular weight excluding hydrogens is 417 g/mol. The lowest BCUT2D eigenvalue weighted by Crippen LogP contribution is -2.52. The van der Waals surface area contributed by atoms with Crippen LogP contribution >= 0.6 is 36.2 Å². The van der Waals surface area contributed by atoms with Gasteiger partial charge in [0.25, 0.3) is 5.91 Å². The van der Waals surface area contributed by atoms with E-state index >= 15 is 0 Å². The fraction of sp³-hybridized carbons (Fsp3) is 0.421. The number of rotatable bonds is 3. The van der Waals surface area contributed by atoms with Crippen LogP contribution in [0.3, 0.4) is 0 Å². The van der Waals surface area contributed by atoms with Crippen molar-refractivity contribution in [2.75, 3.05) is 19.6 Å². The highest BCUT2D eigenvalue weighted by molar-refractivity contribution is 7.13. The predicted molar refractivity (Wildman–Crippen MR) is 119 cm³/mol. The summed E-state index contributed by atoms with van der Waals surface area (Å²) in [4.78, 5) is 21.2. The van der Waals surface area contributed by atoms with Gasteiger partial charge in [0.2, 0.25) is 0 Å². The van der Waals surface area contributed by atoms with Crippen LogP contribution in [0.15, 0.2) is 29.8 Å². The van der Waals surface area contributed by atoms with E-state index in [9.17, 15) is 4.79 Å². The fourth-order valence-electron chi connectivity index (χ4n) is 3.42. The average Bonchev–Trinajstić information content (AvgIpc) is 3.30. The molecule has 0 aliphatic carbocycles. The lowest BCUT2D eigenvalue weighted by molar-refractivity contribution is 0.0658. The van der Waals surface area contributed by atoms with Crippen molar-refractivity contribution in [1.29, 1.82) is 0 Å². The molecule has 0 bridgehead atoms. The molecule has 0 saturated carbocycles. The third-order valence-electron chi connectivity index (χ3n) is 4.82. The summed E-state index contributed by atoms with van der Waals surface area (Å²) in [6.45, 7) is 8.60. The summed E-state index contributed by atoms with van der Waals surface area (Å²) in [5, 5.41) is 10.7. The summed E-state index contributed by atoms with van der Waals surface area (Å²) in [7, 11) is 0. The third-order valence-corrected chi connectivity index (χ3v) is 5.71. The highest BCUT2D eigenvalue weighted by Gasteiger charge is 2.27. The van der Waals surface area contributed by atoms with Crippen LogP contribution in [-0.2, 0) is 0 Å². The van der Waals surface area contributed by atoms with Crippen LogP contribution in [0.4, 0.5) is 0 Å². The van der Waals surface area contributed by atoms with Crippen molar-refractivity contribution in [1.82, 2.24) is 25.0 Å². The fourth-order valence-corrected chi connectivity index (χ4v) is 4.11. The molecule has 1 aliphatic heterocycles. The molecule has 1 saturated heterocycles. The van der Waals surface area contributed by atoms with Crippen molar-refractivity contribution < 1.29 is 4.79 Å². The maximum absolute atomic E-state index is 13.4. The Morgan fingerprint density at radius 1 is 1.36 bits per heavy atom. The number of carbonyl (C=O) groups excluding carboxylic acids is 1. The number of halogens is 2. The van der Waals surface area contributed by atoms with Gasteiger partial charge in [-0.3, -0.25) is 4.79 Å². The smallest absolute Gasteiger partial charge is 0.255 e. The molecule has 1 unspecified atom stereocenters. The molecule has 1 aliphatic rings. The second kappa shape index (κ2) is 9.22. The summed E-state index contributed by atoms with van der Waals surface area (Å²) >= 11 is 1.63. The van der Waals surface area contributed by atoms with Crippen LogP contribution in [0.1, 0.15) is 37.2 Å². The van der Waals surface area contributed by atoms with Gasteiger partial charge in [-0.1, -0.05) is 6.07 Å². The molecule has 0 radical (unpaired) electrons. The Balaban J connectivity index is 0.00000140. The number of nitrogens with zero attached hydrogens (tertiary/aromatic N) is 4. The van der Waals surface area contributed by atoms with Gasteiger partial charge in [0.05, 0.1) is 27.7 Å². The van der Waals surface area contributed by atoms with Crippen molar-refractivity contribution in [3.8, 4) is 10.6 Å². The van der Waals surface area contributed by atoms with Crippen LogP contribution in [0.5, 0.6) is 0 Å². The second-order valence-electron chi connectivity index (χ2n) is 7.00. The molecule has 3 aromatic heterocycles. The first-order valence-electron chi connectivity index (χ1n) is 9.00. The lowest BCUT2D eigenvalue weighted by atomic mass is 10.1. The van der Waals surface area contributed by atoms with E-state index in [-0.39, 0.29) is 42.8 Å². The van der Waals surface area contributed by atoms with E-state index in [1.54, 1.807) is 17.5 Å². The van der Waals surface area contributed by atoms with Gasteiger partial charge in [0.1, 0.15) is 0 Å². The summed E-state index contributed by atoms with van der Waals surface area (Å²) in [5.41, 5.74) is 2.30. The van der Waals surface area contributed by atoms with Gasteiger partial charge in [-0.2, -0.15) is 5.10 Å². The van der Waals surface area contributed by atoms with Gasteiger partial charge in [0, 0.05) is 31.7 Å². The zero-order valence-electron chi connectivity index (χ0n) is 16.1. The maximum Gasteiger partial charge on any atom is 0.255 e. The van der Waals surface area contributed by atoms with Crippen molar-refractivity contribution in [2.24, 2.45) is 0 Å². The largest absolute Gasteiger partial charge is 0.333 e. The number of hydrogen-bond donors (Lipinski definition) is 1. The molecule has 6 nitrogen and oxygen atoms in total. The van der Waals surface area contributed by atoms with Crippen LogP contribution < -0.4 is 5.32 Å². The number of carbonyl (C=O) groups is 1. The molecule has 4 rings (SSSR count). The third kappa shape index (κ3) is 4.03. The number of piperazine rings is 1. The minimum Gasteiger partial charge on any atom is -0.333 e. The molecule has 1 amide bonds. The van der Waals surface area contributed by atoms with Crippen LogP contribution in [0.2, 0.25) is 0 Å². The zero-order valence-corrected chi connectivity index (χ0v) is 18.5. The Kier molecular flexibility index (Phi) is 7.45. The number of fused-ring (bicyclic) bond motifs is 1. The molecule has 4 heterocycles. The molecule has 152 valence electrons. The van der Waals surface area contributed by atoms with Crippen LogP contribution in [-0.4, -0.2) is 51.2 Å². The van der Waals surface area contributed by atoms with Crippen LogP contribution in [0, 0.1) is 0 Å². The van der Waals surface area contributed by atoms with E-state index in [0.29, 0.717) is 5.56 Å². The number of pyridine rings is 1. The summed E-state index contributed by atoms with van der Waals surface area (Å²) in [6.07, 6.45) is 1.78. The first-order chi connectivity index (χ1) is 12.6. The van der Waals surface area contributed by atoms with Gasteiger partial charge < -0.3 is 10.2 Å². The highest BCUT2D eigenvalue weighted by atomic mass is 35.5. The number of thiophene rings is 1. The quantitative estimate of drug-likeness (QED) is 0.666. The average molecular weight is 442 g/mol. The number of aromatic nitrogens is 3. The first kappa shape index (κ1) is 22.6. The van der Waals surface area contributed by atoms with E-state index in [1.807, 2.05) is 33.2 Å². The molecule has 0 spiro atoms. The molecular formula is C19H25Cl2N5OS. The lowest BCUT2D eigenvalue weighted by Gasteiger charge is -2.34. The molecule has 28 heavy (non-hydrogen) atoms. The predicted octanol–water partition coefficient (Wildman–Crippen LogP) is 4.02. The maximum atomic E-state index is 13.4. The monoisotopic (exact) mass is 441 g/mol. The minimum atomic E-state index is 0. The molecule has 3 aromatic rings. The number of hydrogen-bond acceptors (Lipinski definition) is 5. The summed E-state index contributed by atoms with van der Waals surface area (Å²) in [6, 6.07) is 6.32. The van der Waals surface area contributed by atoms with Gasteiger partial charge in [0.15, 0.2) is 5.65 Å². The Bertz CT molecular complexity index is 941. The second-order valence-corrected chi connectivity index (χ2v) is 7.95. The van der Waals surface area contributed by atoms with Gasteiger partial charge in [-0.05, 0) is 38.3 Å². The van der Waals surface area contributed by atoms with E-state index in [2.05, 4.69) is 31.2 Å². The Morgan fingerprint density at radius 3 is 2.79 bits per heavy atom. The van der Waals surface area contributed by atoms with E-state index in [4.69, 9.17) is 4.98 Å². The normalized spacial score (nSPS) is 16.7. The highest BCUT2D eigenvalue weighted by Crippen LogP contribution is 2.30. The van der Waals surface area contributed by atoms with Crippen molar-refractivity contribution in [3.05, 3.63) is 35.3 Å². The molecule has 9 heteroatoms. The van der Waals surface area contributed by atoms with Crippen LogP contribution in [0.25, 0.3) is 21.6 Å². The van der Waals surface area contributed by atoms with Crippen molar-refractivity contribution in [2.45, 2.75) is 32.9 Å². The standard InChI is InChI=1S/C19H23N5OS.2ClH/c1-12(2)24-18-15(11-21-24)14(9-16(22-18)17-5-4-8-26-17)19(25)23-7-6-20-10-13(23)3;;/h4-5,8-9,11-13,20H,6-7,10H2,1-3H3;2*1H. The zero-order chi connectivity index (χ0) is 18.3. The Hall–Kier alpha value is -1.67. The molecule has 1 atom stereocenters. The van der Waals surface area contributed by atoms with E-state index < -0.39 is 0 Å². The molecule has 0 aromatic carbocycles. The topological polar surface area (TPSA) is 63.1 Å². The Morgan fingerprint density at radius 2 is 2.14 bits per heavy atom. The van der Waals surface area contributed by atoms with Gasteiger partial charge in [-0.25, -0.2) is 9.67 Å². The van der Waals surface area contributed by atoms with E-state index in [1.165, 1.54) is 0 Å². The number of nitrogens with one attached hydrogen (secondary N) is 1. The van der Waals surface area contributed by atoms with E-state index in [0.717, 1.165) is 41.2 Å². The SMILES string of the molecule is CC1CNCCN1C(=O)c1cc(-c2cccs2)nc2c1cnn2C(C)C.Cl.Cl. The van der Waals surface area contributed by atoms with Gasteiger partial charge in [-0.15, -0.1) is 36.2 Å². The summed E-state index contributed by atoms with van der Waals surface area (Å²) < 4.78 is 1.89. The first-order valence-corrected chi connectivity index (χ1v) is 9.88. The Labute approximate surface area is 181 Å². The molecule has 1 N–H and O–H groups in total. The molecule has 1 fully saturated rings. The van der Waals surface area contributed by atoms with Crippen molar-refractivity contribution in [3.63, 3.8) is 0 Å². The minimum absolute atomic E-state index is 0.